The standard InChI is InChI=1S/C28H31N3O4/c1-31-25-9-10-29-18-24(25)23-7-5-19(14-26(23)31)20-6-8-27(30-17-20)35-22-15-21(16-22)32-12-13-34-28-4-2-3-11-33-28/h5-10,14,17-18,21-22,28H,2-4,11-13,15-16H2,1H3. The van der Waals surface area contributed by atoms with Crippen molar-refractivity contribution in [2.45, 2.75) is 50.6 Å². The minimum Gasteiger partial charge on any atom is -0.474 e. The van der Waals surface area contributed by atoms with Gasteiger partial charge in [0, 0.05) is 73.0 Å². The van der Waals surface area contributed by atoms with Crippen LogP contribution in [0.1, 0.15) is 32.1 Å². The Morgan fingerprint density at radius 1 is 0.914 bits per heavy atom. The quantitative estimate of drug-likeness (QED) is 0.325. The minimum atomic E-state index is -0.0508. The van der Waals surface area contributed by atoms with Gasteiger partial charge >= 0.3 is 0 Å². The van der Waals surface area contributed by atoms with Crippen molar-refractivity contribution >= 4 is 21.8 Å². The SMILES string of the molecule is Cn1c2ccncc2c2ccc(-c3ccc(OC4CC(OCCOC5CCCCO5)C4)nc3)cc21. The summed E-state index contributed by atoms with van der Waals surface area (Å²) < 4.78 is 25.5. The molecule has 3 aromatic heterocycles. The number of benzene rings is 1. The number of hydrogen-bond donors (Lipinski definition) is 0. The molecule has 35 heavy (non-hydrogen) atoms. The summed E-state index contributed by atoms with van der Waals surface area (Å²) in [6.07, 6.45) is 11.1. The van der Waals surface area contributed by atoms with Gasteiger partial charge in [0.25, 0.3) is 0 Å². The lowest BCUT2D eigenvalue weighted by Crippen LogP contribution is -2.40. The smallest absolute Gasteiger partial charge is 0.213 e. The minimum absolute atomic E-state index is 0.0508. The second kappa shape index (κ2) is 9.93. The van der Waals surface area contributed by atoms with Crippen LogP contribution in [0.25, 0.3) is 32.9 Å². The molecule has 1 unspecified atom stereocenters. The highest BCUT2D eigenvalue weighted by Gasteiger charge is 2.32. The zero-order valence-electron chi connectivity index (χ0n) is 20.1. The number of aromatic nitrogens is 3. The Kier molecular flexibility index (Phi) is 6.37. The molecular weight excluding hydrogens is 442 g/mol. The van der Waals surface area contributed by atoms with E-state index < -0.39 is 0 Å². The van der Waals surface area contributed by atoms with Crippen LogP contribution in [0.4, 0.5) is 0 Å². The zero-order valence-corrected chi connectivity index (χ0v) is 20.1. The van der Waals surface area contributed by atoms with Gasteiger partial charge in [0.05, 0.1) is 24.8 Å². The topological polar surface area (TPSA) is 67.6 Å². The molecule has 0 N–H and O–H groups in total. The second-order valence-electron chi connectivity index (χ2n) is 9.44. The fourth-order valence-corrected chi connectivity index (χ4v) is 5.01. The number of hydrogen-bond acceptors (Lipinski definition) is 6. The van der Waals surface area contributed by atoms with Crippen molar-refractivity contribution in [2.24, 2.45) is 7.05 Å². The first-order chi connectivity index (χ1) is 17.2. The van der Waals surface area contributed by atoms with E-state index in [1.807, 2.05) is 24.7 Å². The summed E-state index contributed by atoms with van der Waals surface area (Å²) in [7, 11) is 2.09. The van der Waals surface area contributed by atoms with Crippen LogP contribution in [0.3, 0.4) is 0 Å². The van der Waals surface area contributed by atoms with E-state index in [0.717, 1.165) is 43.4 Å². The predicted octanol–water partition coefficient (Wildman–Crippen LogP) is 5.26. The van der Waals surface area contributed by atoms with Gasteiger partial charge in [0.15, 0.2) is 6.29 Å². The Balaban J connectivity index is 1.01. The van der Waals surface area contributed by atoms with Gasteiger partial charge in [-0.2, -0.15) is 0 Å². The van der Waals surface area contributed by atoms with E-state index in [-0.39, 0.29) is 18.5 Å². The summed E-state index contributed by atoms with van der Waals surface area (Å²) in [4.78, 5) is 8.85. The molecular formula is C28H31N3O4. The summed E-state index contributed by atoms with van der Waals surface area (Å²) in [6, 6.07) is 12.6. The lowest BCUT2D eigenvalue weighted by atomic mass is 9.92. The molecule has 0 radical (unpaired) electrons. The average Bonchev–Trinajstić information content (AvgIpc) is 3.17. The van der Waals surface area contributed by atoms with Gasteiger partial charge in [-0.3, -0.25) is 4.98 Å². The van der Waals surface area contributed by atoms with Crippen LogP contribution < -0.4 is 4.74 Å². The molecule has 1 aliphatic carbocycles. The molecule has 0 spiro atoms. The Morgan fingerprint density at radius 3 is 2.63 bits per heavy atom. The summed E-state index contributed by atoms with van der Waals surface area (Å²) in [6.45, 7) is 1.98. The number of nitrogens with zero attached hydrogens (tertiary/aromatic N) is 3. The van der Waals surface area contributed by atoms with Crippen molar-refractivity contribution in [2.75, 3.05) is 19.8 Å². The normalized spacial score (nSPS) is 22.4. The first-order valence-corrected chi connectivity index (χ1v) is 12.5. The van der Waals surface area contributed by atoms with E-state index >= 15 is 0 Å². The highest BCUT2D eigenvalue weighted by Crippen LogP contribution is 2.32. The van der Waals surface area contributed by atoms with Gasteiger partial charge < -0.3 is 23.5 Å². The lowest BCUT2D eigenvalue weighted by Gasteiger charge is -2.34. The van der Waals surface area contributed by atoms with Gasteiger partial charge in [-0.15, -0.1) is 0 Å². The lowest BCUT2D eigenvalue weighted by molar-refractivity contribution is -0.175. The van der Waals surface area contributed by atoms with Gasteiger partial charge in [-0.1, -0.05) is 12.1 Å². The third-order valence-electron chi connectivity index (χ3n) is 7.10. The largest absolute Gasteiger partial charge is 0.474 e. The summed E-state index contributed by atoms with van der Waals surface area (Å²) in [5.74, 6) is 0.659. The van der Waals surface area contributed by atoms with E-state index in [4.69, 9.17) is 18.9 Å². The predicted molar refractivity (Wildman–Crippen MR) is 134 cm³/mol. The maximum atomic E-state index is 6.05. The average molecular weight is 474 g/mol. The van der Waals surface area contributed by atoms with Crippen LogP contribution in [-0.4, -0.2) is 52.9 Å². The fraction of sp³-hybridized carbons (Fsp3) is 0.429. The first-order valence-electron chi connectivity index (χ1n) is 12.5. The molecule has 4 heterocycles. The van der Waals surface area contributed by atoms with Crippen LogP contribution in [0.15, 0.2) is 55.0 Å². The number of aryl methyl sites for hydroxylation is 1. The molecule has 6 rings (SSSR count). The van der Waals surface area contributed by atoms with Crippen molar-refractivity contribution in [3.05, 3.63) is 55.0 Å². The number of fused-ring (bicyclic) bond motifs is 3. The van der Waals surface area contributed by atoms with Gasteiger partial charge in [0.2, 0.25) is 5.88 Å². The molecule has 1 saturated heterocycles. The highest BCUT2D eigenvalue weighted by atomic mass is 16.7. The van der Waals surface area contributed by atoms with Gasteiger partial charge in [-0.05, 0) is 43.0 Å². The first kappa shape index (κ1) is 22.5. The van der Waals surface area contributed by atoms with E-state index in [9.17, 15) is 0 Å². The van der Waals surface area contributed by atoms with Crippen LogP contribution in [-0.2, 0) is 21.3 Å². The molecule has 0 amide bonds. The van der Waals surface area contributed by atoms with E-state index in [1.54, 1.807) is 0 Å². The fourth-order valence-electron chi connectivity index (χ4n) is 5.01. The molecule has 7 nitrogen and oxygen atoms in total. The van der Waals surface area contributed by atoms with Crippen LogP contribution in [0.5, 0.6) is 5.88 Å². The number of pyridine rings is 2. The molecule has 2 aliphatic rings. The van der Waals surface area contributed by atoms with Gasteiger partial charge in [0.1, 0.15) is 6.10 Å². The Morgan fingerprint density at radius 2 is 1.80 bits per heavy atom. The maximum absolute atomic E-state index is 6.05. The molecule has 1 saturated carbocycles. The van der Waals surface area contributed by atoms with Crippen molar-refractivity contribution in [3.8, 4) is 17.0 Å². The number of rotatable bonds is 8. The van der Waals surface area contributed by atoms with Crippen LogP contribution in [0, 0.1) is 0 Å². The Bertz CT molecular complexity index is 1290. The van der Waals surface area contributed by atoms with E-state index in [2.05, 4.69) is 51.9 Å². The molecule has 1 aliphatic heterocycles. The summed E-state index contributed by atoms with van der Waals surface area (Å²) in [5, 5.41) is 2.38. The van der Waals surface area contributed by atoms with Crippen molar-refractivity contribution in [1.29, 1.82) is 0 Å². The highest BCUT2D eigenvalue weighted by molar-refractivity contribution is 6.08. The summed E-state index contributed by atoms with van der Waals surface area (Å²) >= 11 is 0. The molecule has 1 atom stereocenters. The van der Waals surface area contributed by atoms with E-state index in [1.165, 1.54) is 28.2 Å². The summed E-state index contributed by atoms with van der Waals surface area (Å²) in [5.41, 5.74) is 4.57. The van der Waals surface area contributed by atoms with Gasteiger partial charge in [-0.25, -0.2) is 4.98 Å². The number of ether oxygens (including phenoxy) is 4. The van der Waals surface area contributed by atoms with Crippen molar-refractivity contribution < 1.29 is 18.9 Å². The van der Waals surface area contributed by atoms with Crippen molar-refractivity contribution in [1.82, 2.24) is 14.5 Å². The Labute approximate surface area is 205 Å². The van der Waals surface area contributed by atoms with Crippen LogP contribution in [0.2, 0.25) is 0 Å². The Hall–Kier alpha value is -3.00. The molecule has 2 fully saturated rings. The van der Waals surface area contributed by atoms with E-state index in [0.29, 0.717) is 19.1 Å². The molecule has 7 heteroatoms. The third-order valence-corrected chi connectivity index (χ3v) is 7.10. The molecule has 182 valence electrons. The maximum Gasteiger partial charge on any atom is 0.213 e. The molecule has 4 aromatic rings. The van der Waals surface area contributed by atoms with Crippen LogP contribution >= 0.6 is 0 Å². The molecule has 1 aromatic carbocycles. The third kappa shape index (κ3) is 4.76. The monoisotopic (exact) mass is 473 g/mol. The molecule has 0 bridgehead atoms. The zero-order chi connectivity index (χ0) is 23.6. The van der Waals surface area contributed by atoms with Crippen molar-refractivity contribution in [3.63, 3.8) is 0 Å². The second-order valence-corrected chi connectivity index (χ2v) is 9.44.